The number of carbonyl (C=O) groups is 2. The lowest BCUT2D eigenvalue weighted by Gasteiger charge is -2.18. The van der Waals surface area contributed by atoms with Gasteiger partial charge in [-0.1, -0.05) is 18.2 Å². The second-order valence-corrected chi connectivity index (χ2v) is 8.60. The third-order valence-corrected chi connectivity index (χ3v) is 6.23. The second-order valence-electron chi connectivity index (χ2n) is 6.55. The Bertz CT molecular complexity index is 912. The van der Waals surface area contributed by atoms with Gasteiger partial charge in [-0.3, -0.25) is 14.6 Å². The molecule has 1 heterocycles. The van der Waals surface area contributed by atoms with Crippen LogP contribution in [0.5, 0.6) is 0 Å². The number of hydrogen-bond donors (Lipinski definition) is 1. The molecule has 0 saturated heterocycles. The summed E-state index contributed by atoms with van der Waals surface area (Å²) < 4.78 is 26.4. The van der Waals surface area contributed by atoms with Crippen LogP contribution in [0.25, 0.3) is 0 Å². The number of sulfonamides is 1. The number of rotatable bonds is 9. The fourth-order valence-electron chi connectivity index (χ4n) is 2.64. The summed E-state index contributed by atoms with van der Waals surface area (Å²) in [4.78, 5) is 27.7. The molecule has 0 aliphatic heterocycles. The first kappa shape index (κ1) is 21.7. The average Bonchev–Trinajstić information content (AvgIpc) is 2.68. The largest absolute Gasteiger partial charge is 0.348 e. The second kappa shape index (κ2) is 9.57. The number of amides is 1. The van der Waals surface area contributed by atoms with E-state index in [1.54, 1.807) is 6.20 Å². The van der Waals surface area contributed by atoms with Crippen LogP contribution in [0, 0.1) is 0 Å². The Balaban J connectivity index is 1.86. The molecule has 1 N–H and O–H groups in total. The fraction of sp³-hybridized carbons (Fsp3) is 0.350. The summed E-state index contributed by atoms with van der Waals surface area (Å²) >= 11 is 0. The van der Waals surface area contributed by atoms with Crippen molar-refractivity contribution in [1.82, 2.24) is 14.6 Å². The summed E-state index contributed by atoms with van der Waals surface area (Å²) in [5.41, 5.74) is 1.23. The number of ketones is 1. The molecule has 0 fully saturated rings. The Morgan fingerprint density at radius 2 is 1.82 bits per heavy atom. The van der Waals surface area contributed by atoms with Gasteiger partial charge in [0.2, 0.25) is 15.9 Å². The molecule has 0 spiro atoms. The lowest BCUT2D eigenvalue weighted by Crippen LogP contribution is -2.30. The van der Waals surface area contributed by atoms with Crippen LogP contribution in [0.15, 0.2) is 53.6 Å². The van der Waals surface area contributed by atoms with Crippen LogP contribution in [0.2, 0.25) is 0 Å². The van der Waals surface area contributed by atoms with Crippen LogP contribution in [0.4, 0.5) is 0 Å². The van der Waals surface area contributed by atoms with Crippen LogP contribution in [0.3, 0.4) is 0 Å². The van der Waals surface area contributed by atoms with E-state index >= 15 is 0 Å². The number of Topliss-reactive ketones (excluding diaryl/α,β-unsaturated/α-hetero) is 1. The third-order valence-electron chi connectivity index (χ3n) is 4.35. The van der Waals surface area contributed by atoms with Crippen LogP contribution >= 0.6 is 0 Å². The minimum absolute atomic E-state index is 0.119. The lowest BCUT2D eigenvalue weighted by molar-refractivity contribution is -0.121. The van der Waals surface area contributed by atoms with Crippen LogP contribution < -0.4 is 5.32 Å². The molecule has 0 bridgehead atoms. The molecule has 1 aromatic carbocycles. The quantitative estimate of drug-likeness (QED) is 0.649. The smallest absolute Gasteiger partial charge is 0.242 e. The molecule has 1 unspecified atom stereocenters. The minimum atomic E-state index is -3.67. The fourth-order valence-corrected chi connectivity index (χ4v) is 3.85. The number of aromatic nitrogens is 1. The topological polar surface area (TPSA) is 96.4 Å². The molecule has 0 saturated carbocycles. The Hall–Kier alpha value is -2.58. The van der Waals surface area contributed by atoms with Gasteiger partial charge in [0.25, 0.3) is 0 Å². The van der Waals surface area contributed by atoms with Gasteiger partial charge < -0.3 is 5.32 Å². The van der Waals surface area contributed by atoms with Crippen LogP contribution in [0.1, 0.15) is 48.8 Å². The van der Waals surface area contributed by atoms with Crippen LogP contribution in [-0.2, 0) is 14.8 Å². The van der Waals surface area contributed by atoms with Crippen molar-refractivity contribution in [2.75, 3.05) is 13.6 Å². The molecule has 1 atom stereocenters. The highest BCUT2D eigenvalue weighted by Gasteiger charge is 2.21. The van der Waals surface area contributed by atoms with Crippen molar-refractivity contribution in [2.45, 2.75) is 37.6 Å². The molecule has 1 amide bonds. The summed E-state index contributed by atoms with van der Waals surface area (Å²) in [5.74, 6) is -0.280. The molecular weight excluding hydrogens is 378 g/mol. The van der Waals surface area contributed by atoms with E-state index in [0.717, 1.165) is 5.69 Å². The van der Waals surface area contributed by atoms with E-state index < -0.39 is 10.0 Å². The van der Waals surface area contributed by atoms with Crippen molar-refractivity contribution >= 4 is 21.7 Å². The van der Waals surface area contributed by atoms with Crippen molar-refractivity contribution in [3.8, 4) is 0 Å². The molecule has 8 heteroatoms. The van der Waals surface area contributed by atoms with Crippen LogP contribution in [-0.4, -0.2) is 43.0 Å². The normalized spacial score (nSPS) is 12.6. The monoisotopic (exact) mass is 403 g/mol. The number of carbonyl (C=O) groups excluding carboxylic acids is 2. The van der Waals surface area contributed by atoms with Gasteiger partial charge in [-0.25, -0.2) is 12.7 Å². The molecule has 0 radical (unpaired) electrons. The summed E-state index contributed by atoms with van der Waals surface area (Å²) in [5, 5.41) is 2.86. The summed E-state index contributed by atoms with van der Waals surface area (Å²) in [7, 11) is -2.19. The maximum atomic E-state index is 12.6. The number of benzene rings is 1. The number of nitrogens with zero attached hydrogens (tertiary/aromatic N) is 2. The average molecular weight is 404 g/mol. The Kier molecular flexibility index (Phi) is 7.42. The zero-order chi connectivity index (χ0) is 20.7. The van der Waals surface area contributed by atoms with Gasteiger partial charge in [0.05, 0.1) is 16.6 Å². The highest BCUT2D eigenvalue weighted by Crippen LogP contribution is 2.16. The molecule has 1 aromatic heterocycles. The van der Waals surface area contributed by atoms with Gasteiger partial charge >= 0.3 is 0 Å². The van der Waals surface area contributed by atoms with Gasteiger partial charge in [-0.15, -0.1) is 0 Å². The first-order valence-corrected chi connectivity index (χ1v) is 10.4. The molecule has 150 valence electrons. The molecule has 0 aliphatic rings. The predicted molar refractivity (Wildman–Crippen MR) is 106 cm³/mol. The number of nitrogens with one attached hydrogen (secondary N) is 1. The highest BCUT2D eigenvalue weighted by atomic mass is 32.2. The van der Waals surface area contributed by atoms with E-state index in [4.69, 9.17) is 0 Å². The van der Waals surface area contributed by atoms with Crippen molar-refractivity contribution in [2.24, 2.45) is 0 Å². The summed E-state index contributed by atoms with van der Waals surface area (Å²) in [6.07, 6.45) is 2.27. The van der Waals surface area contributed by atoms with E-state index in [1.165, 1.54) is 42.5 Å². The molecule has 2 aromatic rings. The third kappa shape index (κ3) is 5.71. The molecule has 28 heavy (non-hydrogen) atoms. The highest BCUT2D eigenvalue weighted by molar-refractivity contribution is 7.89. The summed E-state index contributed by atoms with van der Waals surface area (Å²) in [6.45, 7) is 3.49. The van der Waals surface area contributed by atoms with Gasteiger partial charge in [-0.2, -0.15) is 0 Å². The molecule has 7 nitrogen and oxygen atoms in total. The maximum Gasteiger partial charge on any atom is 0.242 e. The van der Waals surface area contributed by atoms with Crippen molar-refractivity contribution in [3.05, 3.63) is 59.9 Å². The van der Waals surface area contributed by atoms with Crippen molar-refractivity contribution < 1.29 is 18.0 Å². The van der Waals surface area contributed by atoms with E-state index in [0.29, 0.717) is 12.0 Å². The Morgan fingerprint density at radius 1 is 1.14 bits per heavy atom. The Morgan fingerprint density at radius 3 is 2.39 bits per heavy atom. The standard InChI is InChI=1S/C20H25N3O4S/c1-15(19-7-4-5-13-21-19)22-20(25)8-6-14-23(3)28(26,27)18-11-9-17(10-12-18)16(2)24/h4-5,7,9-13,15H,6,8,14H2,1-3H3,(H,22,25). The van der Waals surface area contributed by atoms with E-state index in [2.05, 4.69) is 10.3 Å². The first-order chi connectivity index (χ1) is 13.2. The van der Waals surface area contributed by atoms with Gasteiger partial charge in [0.1, 0.15) is 0 Å². The van der Waals surface area contributed by atoms with Crippen molar-refractivity contribution in [1.29, 1.82) is 0 Å². The SMILES string of the molecule is CC(=O)c1ccc(S(=O)(=O)N(C)CCCC(=O)NC(C)c2ccccn2)cc1. The molecule has 0 aliphatic carbocycles. The van der Waals surface area contributed by atoms with Gasteiger partial charge in [-0.05, 0) is 44.5 Å². The zero-order valence-corrected chi connectivity index (χ0v) is 17.1. The summed E-state index contributed by atoms with van der Waals surface area (Å²) in [6, 6.07) is 11.1. The lowest BCUT2D eigenvalue weighted by atomic mass is 10.2. The number of pyridine rings is 1. The van der Waals surface area contributed by atoms with E-state index in [1.807, 2.05) is 25.1 Å². The minimum Gasteiger partial charge on any atom is -0.348 e. The maximum absolute atomic E-state index is 12.6. The van der Waals surface area contributed by atoms with Gasteiger partial charge in [0, 0.05) is 31.8 Å². The Labute approximate surface area is 165 Å². The first-order valence-electron chi connectivity index (χ1n) is 8.99. The zero-order valence-electron chi connectivity index (χ0n) is 16.3. The molecular formula is C20H25N3O4S. The predicted octanol–water partition coefficient (Wildman–Crippen LogP) is 2.56. The van der Waals surface area contributed by atoms with E-state index in [9.17, 15) is 18.0 Å². The van der Waals surface area contributed by atoms with Gasteiger partial charge in [0.15, 0.2) is 5.78 Å². The molecule has 2 rings (SSSR count). The van der Waals surface area contributed by atoms with Crippen molar-refractivity contribution in [3.63, 3.8) is 0 Å². The van der Waals surface area contributed by atoms with E-state index in [-0.39, 0.29) is 35.6 Å². The number of hydrogen-bond acceptors (Lipinski definition) is 5.